The highest BCUT2D eigenvalue weighted by molar-refractivity contribution is 6.30. The highest BCUT2D eigenvalue weighted by atomic mass is 35.5. The molecule has 104 valence electrons. The molecule has 0 aromatic heterocycles. The zero-order chi connectivity index (χ0) is 13.7. The van der Waals surface area contributed by atoms with Gasteiger partial charge in [-0.1, -0.05) is 30.2 Å². The smallest absolute Gasteiger partial charge is 0.118 e. The molecule has 1 atom stereocenters. The van der Waals surface area contributed by atoms with E-state index >= 15 is 0 Å². The van der Waals surface area contributed by atoms with Gasteiger partial charge in [0.15, 0.2) is 0 Å². The third-order valence-corrected chi connectivity index (χ3v) is 4.15. The van der Waals surface area contributed by atoms with Crippen molar-refractivity contribution in [3.8, 4) is 0 Å². The minimum atomic E-state index is -0.963. The van der Waals surface area contributed by atoms with E-state index in [4.69, 9.17) is 11.6 Å². The molecule has 1 aliphatic carbocycles. The van der Waals surface area contributed by atoms with Crippen molar-refractivity contribution in [3.05, 3.63) is 34.9 Å². The normalized spacial score (nSPS) is 18.2. The predicted octanol–water partition coefficient (Wildman–Crippen LogP) is 0.808. The van der Waals surface area contributed by atoms with E-state index in [2.05, 4.69) is 0 Å². The van der Waals surface area contributed by atoms with Crippen LogP contribution in [0.25, 0.3) is 0 Å². The lowest BCUT2D eigenvalue weighted by Crippen LogP contribution is -3.15. The van der Waals surface area contributed by atoms with Gasteiger partial charge in [-0.15, -0.1) is 0 Å². The lowest BCUT2D eigenvalue weighted by atomic mass is 9.94. The summed E-state index contributed by atoms with van der Waals surface area (Å²) in [4.78, 5) is 12.1. The van der Waals surface area contributed by atoms with E-state index in [9.17, 15) is 9.90 Å². The highest BCUT2D eigenvalue weighted by Gasteiger charge is 2.24. The van der Waals surface area contributed by atoms with E-state index in [1.54, 1.807) is 0 Å². The highest BCUT2D eigenvalue weighted by Crippen LogP contribution is 2.16. The van der Waals surface area contributed by atoms with Gasteiger partial charge in [0.2, 0.25) is 0 Å². The number of benzene rings is 1. The largest absolute Gasteiger partial charge is 0.544 e. The van der Waals surface area contributed by atoms with Gasteiger partial charge in [-0.05, 0) is 37.8 Å². The van der Waals surface area contributed by atoms with Crippen molar-refractivity contribution in [2.45, 2.75) is 44.7 Å². The molecule has 0 amide bonds. The maximum absolute atomic E-state index is 10.9. The van der Waals surface area contributed by atoms with Gasteiger partial charge < -0.3 is 14.8 Å². The Morgan fingerprint density at radius 1 is 1.21 bits per heavy atom. The molecule has 1 aliphatic rings. The third kappa shape index (κ3) is 4.51. The second-order valence-electron chi connectivity index (χ2n) is 5.35. The minimum absolute atomic E-state index is 0.0906. The first-order valence-electron chi connectivity index (χ1n) is 6.94. The maximum Gasteiger partial charge on any atom is 0.118 e. The average molecular weight is 282 g/mol. The van der Waals surface area contributed by atoms with Gasteiger partial charge in [0.05, 0.1) is 12.0 Å². The fourth-order valence-corrected chi connectivity index (χ4v) is 3.04. The van der Waals surface area contributed by atoms with Crippen molar-refractivity contribution in [2.75, 3.05) is 6.54 Å². The van der Waals surface area contributed by atoms with Crippen molar-refractivity contribution >= 4 is 17.6 Å². The topological polar surface area (TPSA) is 44.6 Å². The van der Waals surface area contributed by atoms with Crippen LogP contribution in [0.4, 0.5) is 0 Å². The van der Waals surface area contributed by atoms with E-state index in [0.29, 0.717) is 11.1 Å². The van der Waals surface area contributed by atoms with E-state index in [1.165, 1.54) is 19.3 Å². The van der Waals surface area contributed by atoms with Crippen LogP contribution in [0, 0.1) is 0 Å². The summed E-state index contributed by atoms with van der Waals surface area (Å²) in [5.41, 5.74) is 1.13. The van der Waals surface area contributed by atoms with Crippen molar-refractivity contribution in [3.63, 3.8) is 0 Å². The van der Waals surface area contributed by atoms with Gasteiger partial charge in [0, 0.05) is 10.6 Å². The van der Waals surface area contributed by atoms with Gasteiger partial charge in [-0.2, -0.15) is 0 Å². The standard InChI is InChI=1S/C15H20ClNO2/c16-13-8-6-12(7-9-13)10-17(11-15(18)19)14-4-2-1-3-5-14/h6-9,14H,1-5,10-11H2,(H,18,19). The first kappa shape index (κ1) is 14.4. The van der Waals surface area contributed by atoms with Crippen LogP contribution in [0.2, 0.25) is 5.02 Å². The van der Waals surface area contributed by atoms with E-state index < -0.39 is 5.97 Å². The Labute approximate surface area is 119 Å². The fraction of sp³-hybridized carbons (Fsp3) is 0.533. The van der Waals surface area contributed by atoms with Gasteiger partial charge in [0.25, 0.3) is 0 Å². The van der Waals surface area contributed by atoms with E-state index in [0.717, 1.165) is 29.8 Å². The molecule has 1 fully saturated rings. The number of quaternary nitrogens is 1. The summed E-state index contributed by atoms with van der Waals surface area (Å²) in [6.45, 7) is 0.823. The van der Waals surface area contributed by atoms with Crippen LogP contribution in [-0.4, -0.2) is 18.6 Å². The third-order valence-electron chi connectivity index (χ3n) is 3.90. The Bertz CT molecular complexity index is 413. The second-order valence-corrected chi connectivity index (χ2v) is 5.78. The molecule has 19 heavy (non-hydrogen) atoms. The Kier molecular flexibility index (Phi) is 5.23. The molecule has 0 heterocycles. The van der Waals surface area contributed by atoms with Gasteiger partial charge in [0.1, 0.15) is 13.1 Å². The van der Waals surface area contributed by atoms with Crippen LogP contribution < -0.4 is 10.0 Å². The molecule has 1 aromatic rings. The van der Waals surface area contributed by atoms with Crippen molar-refractivity contribution in [2.24, 2.45) is 0 Å². The monoisotopic (exact) mass is 281 g/mol. The first-order chi connectivity index (χ1) is 9.15. The Hall–Kier alpha value is -1.06. The van der Waals surface area contributed by atoms with Crippen LogP contribution in [0.3, 0.4) is 0 Å². The number of aliphatic carboxylic acids is 1. The maximum atomic E-state index is 10.9. The molecule has 0 saturated heterocycles. The number of nitrogens with one attached hydrogen (secondary N) is 1. The Balaban J connectivity index is 2.03. The zero-order valence-electron chi connectivity index (χ0n) is 11.0. The molecule has 4 heteroatoms. The molecular formula is C15H20ClNO2. The Morgan fingerprint density at radius 2 is 1.84 bits per heavy atom. The van der Waals surface area contributed by atoms with E-state index in [1.807, 2.05) is 24.3 Å². The lowest BCUT2D eigenvalue weighted by Gasteiger charge is -2.31. The molecule has 0 bridgehead atoms. The number of carbonyl (C=O) groups excluding carboxylic acids is 1. The van der Waals surface area contributed by atoms with Crippen LogP contribution in [0.1, 0.15) is 37.7 Å². The molecule has 1 aromatic carbocycles. The Morgan fingerprint density at radius 3 is 2.42 bits per heavy atom. The number of carbonyl (C=O) groups is 1. The van der Waals surface area contributed by atoms with Crippen molar-refractivity contribution in [1.82, 2.24) is 0 Å². The summed E-state index contributed by atoms with van der Waals surface area (Å²) in [6.07, 6.45) is 5.94. The lowest BCUT2D eigenvalue weighted by molar-refractivity contribution is -0.934. The first-order valence-corrected chi connectivity index (χ1v) is 7.32. The van der Waals surface area contributed by atoms with E-state index in [-0.39, 0.29) is 6.54 Å². The minimum Gasteiger partial charge on any atom is -0.544 e. The average Bonchev–Trinajstić information content (AvgIpc) is 2.41. The summed E-state index contributed by atoms with van der Waals surface area (Å²) in [7, 11) is 0. The number of carboxylic acid groups (broad SMARTS) is 1. The van der Waals surface area contributed by atoms with Crippen molar-refractivity contribution in [1.29, 1.82) is 0 Å². The molecule has 1 N–H and O–H groups in total. The number of rotatable bonds is 5. The zero-order valence-corrected chi connectivity index (χ0v) is 11.8. The molecule has 0 spiro atoms. The fourth-order valence-electron chi connectivity index (χ4n) is 2.91. The summed E-state index contributed by atoms with van der Waals surface area (Å²) in [5.74, 6) is -0.963. The van der Waals surface area contributed by atoms with Crippen LogP contribution >= 0.6 is 11.6 Å². The van der Waals surface area contributed by atoms with Crippen LogP contribution in [-0.2, 0) is 11.3 Å². The quantitative estimate of drug-likeness (QED) is 0.868. The summed E-state index contributed by atoms with van der Waals surface area (Å²) in [6, 6.07) is 8.10. The molecule has 3 nitrogen and oxygen atoms in total. The molecule has 0 radical (unpaired) electrons. The molecule has 1 saturated carbocycles. The second kappa shape index (κ2) is 6.92. The van der Waals surface area contributed by atoms with Crippen LogP contribution in [0.5, 0.6) is 0 Å². The van der Waals surface area contributed by atoms with Gasteiger partial charge in [-0.25, -0.2) is 0 Å². The summed E-state index contributed by atoms with van der Waals surface area (Å²) < 4.78 is 0. The SMILES string of the molecule is O=C([O-])C[NH+](Cc1ccc(Cl)cc1)C1CCCCC1. The number of hydrogen-bond acceptors (Lipinski definition) is 2. The van der Waals surface area contributed by atoms with Gasteiger partial charge >= 0.3 is 0 Å². The summed E-state index contributed by atoms with van der Waals surface area (Å²) in [5, 5.41) is 11.7. The number of halogens is 1. The predicted molar refractivity (Wildman–Crippen MR) is 72.9 cm³/mol. The summed E-state index contributed by atoms with van der Waals surface area (Å²) >= 11 is 5.87. The van der Waals surface area contributed by atoms with Crippen LogP contribution in [0.15, 0.2) is 24.3 Å². The molecule has 0 aliphatic heterocycles. The molecule has 2 rings (SSSR count). The van der Waals surface area contributed by atoms with Gasteiger partial charge in [-0.3, -0.25) is 0 Å². The number of hydrogen-bond donors (Lipinski definition) is 1. The number of carboxylic acids is 1. The molecule has 1 unspecified atom stereocenters. The molecular weight excluding hydrogens is 262 g/mol. The van der Waals surface area contributed by atoms with Crippen molar-refractivity contribution < 1.29 is 14.8 Å².